The number of aromatic nitrogens is 1. The van der Waals surface area contributed by atoms with E-state index >= 15 is 0 Å². The number of hydrogen-bond acceptors (Lipinski definition) is 4. The predicted molar refractivity (Wildman–Crippen MR) is 99.9 cm³/mol. The van der Waals surface area contributed by atoms with Crippen molar-refractivity contribution in [1.29, 1.82) is 0 Å². The van der Waals surface area contributed by atoms with Crippen molar-refractivity contribution >= 4 is 42.6 Å². The summed E-state index contributed by atoms with van der Waals surface area (Å²) in [6.07, 6.45) is 0. The molecule has 0 aliphatic heterocycles. The van der Waals surface area contributed by atoms with Gasteiger partial charge in [-0.3, -0.25) is 4.79 Å². The lowest BCUT2D eigenvalue weighted by Gasteiger charge is -2.05. The van der Waals surface area contributed by atoms with Crippen LogP contribution in [0.2, 0.25) is 0 Å². The molecule has 116 valence electrons. The second-order valence-electron chi connectivity index (χ2n) is 5.13. The standard InChI is InChI=1S/C17H16N3OPS/c1-10-4-2-7-15(19-10)20-17-13(16(18)21)9-14(23-17)11-5-3-6-12(22)8-11/h2-9H,22H2,1H3,(H2,18,21)(H,19,20). The molecule has 0 aliphatic carbocycles. The topological polar surface area (TPSA) is 68.0 Å². The maximum Gasteiger partial charge on any atom is 0.251 e. The summed E-state index contributed by atoms with van der Waals surface area (Å²) in [4.78, 5) is 17.1. The lowest BCUT2D eigenvalue weighted by Crippen LogP contribution is -2.11. The van der Waals surface area contributed by atoms with Crippen LogP contribution in [0.25, 0.3) is 10.4 Å². The number of benzene rings is 1. The van der Waals surface area contributed by atoms with Crippen molar-refractivity contribution < 1.29 is 4.79 Å². The van der Waals surface area contributed by atoms with E-state index in [9.17, 15) is 4.79 Å². The Morgan fingerprint density at radius 3 is 2.70 bits per heavy atom. The van der Waals surface area contributed by atoms with Gasteiger partial charge in [-0.25, -0.2) is 4.98 Å². The third-order valence-corrected chi connectivity index (χ3v) is 4.76. The first-order valence-corrected chi connectivity index (χ1v) is 8.42. The van der Waals surface area contributed by atoms with Crippen LogP contribution in [-0.2, 0) is 0 Å². The molecule has 0 spiro atoms. The summed E-state index contributed by atoms with van der Waals surface area (Å²) in [7, 11) is 2.67. The van der Waals surface area contributed by atoms with Gasteiger partial charge < -0.3 is 11.1 Å². The molecular weight excluding hydrogens is 325 g/mol. The number of hydrogen-bond donors (Lipinski definition) is 2. The number of amides is 1. The largest absolute Gasteiger partial charge is 0.366 e. The molecule has 0 fully saturated rings. The maximum absolute atomic E-state index is 11.8. The molecule has 0 saturated carbocycles. The number of nitrogens with one attached hydrogen (secondary N) is 1. The monoisotopic (exact) mass is 341 g/mol. The quantitative estimate of drug-likeness (QED) is 0.714. The maximum atomic E-state index is 11.8. The molecule has 2 heterocycles. The highest BCUT2D eigenvalue weighted by Crippen LogP contribution is 2.36. The Labute approximate surface area is 141 Å². The molecule has 2 aromatic heterocycles. The van der Waals surface area contributed by atoms with Crippen LogP contribution in [0.1, 0.15) is 16.1 Å². The molecule has 3 aromatic rings. The summed E-state index contributed by atoms with van der Waals surface area (Å²) >= 11 is 1.49. The van der Waals surface area contributed by atoms with Crippen molar-refractivity contribution in [3.63, 3.8) is 0 Å². The van der Waals surface area contributed by atoms with Gasteiger partial charge in [0.05, 0.1) is 5.56 Å². The Morgan fingerprint density at radius 1 is 1.22 bits per heavy atom. The van der Waals surface area contributed by atoms with E-state index in [1.165, 1.54) is 11.3 Å². The fraction of sp³-hybridized carbons (Fsp3) is 0.0588. The van der Waals surface area contributed by atoms with E-state index in [1.54, 1.807) is 0 Å². The lowest BCUT2D eigenvalue weighted by atomic mass is 10.1. The van der Waals surface area contributed by atoms with Gasteiger partial charge in [-0.2, -0.15) is 0 Å². The number of anilines is 2. The highest BCUT2D eigenvalue weighted by atomic mass is 32.1. The minimum atomic E-state index is -0.454. The second-order valence-corrected chi connectivity index (χ2v) is 6.85. The van der Waals surface area contributed by atoms with Gasteiger partial charge in [-0.1, -0.05) is 24.3 Å². The normalized spacial score (nSPS) is 10.5. The summed E-state index contributed by atoms with van der Waals surface area (Å²) in [5.74, 6) is 0.241. The minimum absolute atomic E-state index is 0.454. The summed E-state index contributed by atoms with van der Waals surface area (Å²) in [5, 5.41) is 5.00. The SMILES string of the molecule is Cc1cccc(Nc2sc(-c3cccc(P)c3)cc2C(N)=O)n1. The third kappa shape index (κ3) is 3.58. The van der Waals surface area contributed by atoms with Gasteiger partial charge in [0.2, 0.25) is 0 Å². The zero-order valence-electron chi connectivity index (χ0n) is 12.5. The fourth-order valence-corrected chi connectivity index (χ4v) is 3.59. The van der Waals surface area contributed by atoms with E-state index in [-0.39, 0.29) is 0 Å². The van der Waals surface area contributed by atoms with Gasteiger partial charge >= 0.3 is 0 Å². The first-order chi connectivity index (χ1) is 11.0. The Kier molecular flexibility index (Phi) is 4.42. The van der Waals surface area contributed by atoms with Gasteiger partial charge in [0.15, 0.2) is 0 Å². The first kappa shape index (κ1) is 15.7. The molecule has 1 unspecified atom stereocenters. The van der Waals surface area contributed by atoms with Crippen LogP contribution in [-0.4, -0.2) is 10.9 Å². The van der Waals surface area contributed by atoms with Crippen LogP contribution >= 0.6 is 20.6 Å². The Balaban J connectivity index is 2.01. The smallest absolute Gasteiger partial charge is 0.251 e. The average molecular weight is 341 g/mol. The van der Waals surface area contributed by atoms with Crippen LogP contribution < -0.4 is 16.4 Å². The first-order valence-electron chi connectivity index (χ1n) is 7.03. The van der Waals surface area contributed by atoms with E-state index in [0.29, 0.717) is 16.4 Å². The molecule has 0 radical (unpaired) electrons. The van der Waals surface area contributed by atoms with Crippen molar-refractivity contribution in [3.05, 3.63) is 59.8 Å². The van der Waals surface area contributed by atoms with Crippen molar-refractivity contribution in [2.75, 3.05) is 5.32 Å². The van der Waals surface area contributed by atoms with Crippen LogP contribution in [0, 0.1) is 6.92 Å². The predicted octanol–water partition coefficient (Wildman–Crippen LogP) is 3.46. The Bertz CT molecular complexity index is 876. The molecule has 3 rings (SSSR count). The molecule has 1 atom stereocenters. The molecule has 6 heteroatoms. The van der Waals surface area contributed by atoms with Crippen LogP contribution in [0.3, 0.4) is 0 Å². The van der Waals surface area contributed by atoms with Crippen LogP contribution in [0.15, 0.2) is 48.5 Å². The van der Waals surface area contributed by atoms with Crippen molar-refractivity contribution in [1.82, 2.24) is 4.98 Å². The number of thiophene rings is 1. The summed E-state index contributed by atoms with van der Waals surface area (Å²) in [6.45, 7) is 1.92. The third-order valence-electron chi connectivity index (χ3n) is 3.30. The van der Waals surface area contributed by atoms with Gasteiger partial charge in [-0.15, -0.1) is 20.6 Å². The number of aryl methyl sites for hydroxylation is 1. The Morgan fingerprint density at radius 2 is 2.00 bits per heavy atom. The lowest BCUT2D eigenvalue weighted by molar-refractivity contribution is 0.100. The molecule has 3 N–H and O–H groups in total. The second kappa shape index (κ2) is 6.49. The minimum Gasteiger partial charge on any atom is -0.366 e. The van der Waals surface area contributed by atoms with Crippen molar-refractivity contribution in [2.45, 2.75) is 6.92 Å². The Hall–Kier alpha value is -2.23. The summed E-state index contributed by atoms with van der Waals surface area (Å²) < 4.78 is 0. The zero-order valence-corrected chi connectivity index (χ0v) is 14.5. The number of nitrogens with zero attached hydrogens (tertiary/aromatic N) is 1. The molecule has 23 heavy (non-hydrogen) atoms. The number of pyridine rings is 1. The number of rotatable bonds is 4. The van der Waals surface area contributed by atoms with Gasteiger partial charge in [0, 0.05) is 10.6 Å². The van der Waals surface area contributed by atoms with Crippen LogP contribution in [0.4, 0.5) is 10.8 Å². The van der Waals surface area contributed by atoms with Crippen molar-refractivity contribution in [2.24, 2.45) is 5.73 Å². The van der Waals surface area contributed by atoms with Crippen LogP contribution in [0.5, 0.6) is 0 Å². The van der Waals surface area contributed by atoms with E-state index in [2.05, 4.69) is 25.6 Å². The number of carbonyl (C=O) groups is 1. The molecule has 1 aromatic carbocycles. The summed E-state index contributed by atoms with van der Waals surface area (Å²) in [6, 6.07) is 15.6. The van der Waals surface area contributed by atoms with Gasteiger partial charge in [0.25, 0.3) is 5.91 Å². The fourth-order valence-electron chi connectivity index (χ4n) is 2.23. The molecule has 1 amide bonds. The molecule has 0 bridgehead atoms. The average Bonchev–Trinajstić information content (AvgIpc) is 2.91. The van der Waals surface area contributed by atoms with E-state index in [4.69, 9.17) is 5.73 Å². The highest BCUT2D eigenvalue weighted by Gasteiger charge is 2.15. The van der Waals surface area contributed by atoms with E-state index in [0.717, 1.165) is 21.4 Å². The number of carbonyl (C=O) groups excluding carboxylic acids is 1. The number of nitrogens with two attached hydrogens (primary N) is 1. The van der Waals surface area contributed by atoms with Gasteiger partial charge in [-0.05, 0) is 42.1 Å². The molecule has 0 saturated heterocycles. The number of primary amides is 1. The van der Waals surface area contributed by atoms with Gasteiger partial charge in [0.1, 0.15) is 10.8 Å². The molecule has 4 nitrogen and oxygen atoms in total. The summed E-state index contributed by atoms with van der Waals surface area (Å²) in [5.41, 5.74) is 7.95. The molecular formula is C17H16N3OPS. The van der Waals surface area contributed by atoms with Crippen molar-refractivity contribution in [3.8, 4) is 10.4 Å². The zero-order chi connectivity index (χ0) is 16.4. The molecule has 0 aliphatic rings. The van der Waals surface area contributed by atoms with E-state index < -0.39 is 5.91 Å². The van der Waals surface area contributed by atoms with E-state index in [1.807, 2.05) is 49.4 Å². The highest BCUT2D eigenvalue weighted by molar-refractivity contribution is 7.27.